The summed E-state index contributed by atoms with van der Waals surface area (Å²) in [4.78, 5) is 13.7. The van der Waals surface area contributed by atoms with Crippen molar-refractivity contribution >= 4 is 44.2 Å². The molecule has 4 heterocycles. The van der Waals surface area contributed by atoms with Crippen LogP contribution in [0.4, 0.5) is 11.6 Å². The summed E-state index contributed by atoms with van der Waals surface area (Å²) in [5.74, 6) is 2.20. The summed E-state index contributed by atoms with van der Waals surface area (Å²) in [6, 6.07) is 17.7. The number of nitrogens with zero attached hydrogens (tertiary/aromatic N) is 7. The third-order valence-electron chi connectivity index (χ3n) is 5.21. The van der Waals surface area contributed by atoms with Crippen LogP contribution >= 0.6 is 11.3 Å². The summed E-state index contributed by atoms with van der Waals surface area (Å²) in [5.41, 5.74) is 3.40. The second kappa shape index (κ2) is 7.68. The maximum absolute atomic E-state index is 5.34. The van der Waals surface area contributed by atoms with Crippen LogP contribution in [0.1, 0.15) is 5.69 Å². The van der Waals surface area contributed by atoms with E-state index in [4.69, 9.17) is 9.72 Å². The molecule has 0 fully saturated rings. The van der Waals surface area contributed by atoms with Gasteiger partial charge >= 0.3 is 0 Å². The number of hydrogen-bond acceptors (Lipinski definition) is 8. The van der Waals surface area contributed by atoms with E-state index in [0.717, 1.165) is 43.7 Å². The van der Waals surface area contributed by atoms with E-state index in [9.17, 15) is 0 Å². The van der Waals surface area contributed by atoms with Gasteiger partial charge in [-0.05, 0) is 37.3 Å². The Morgan fingerprint density at radius 2 is 1.88 bits per heavy atom. The van der Waals surface area contributed by atoms with Crippen molar-refractivity contribution < 1.29 is 4.74 Å². The van der Waals surface area contributed by atoms with Gasteiger partial charge in [-0.1, -0.05) is 29.5 Å². The molecular weight excluding hydrogens is 436 g/mol. The van der Waals surface area contributed by atoms with E-state index >= 15 is 0 Å². The lowest BCUT2D eigenvalue weighted by Crippen LogP contribution is -2.04. The second-order valence-electron chi connectivity index (χ2n) is 7.39. The molecule has 0 aliphatic rings. The minimum absolute atomic E-state index is 0.645. The standard InChI is InChI=1S/C23H18N8OS/c1-14-10-20(31(29-14)23-27-18-9-8-16(32-2)11-19(18)33-23)28-21-17-12-26-30(22(17)25-13-24-21)15-6-4-3-5-7-15/h3-13H,1-2H3,(H,24,25,28). The third-order valence-corrected chi connectivity index (χ3v) is 6.20. The summed E-state index contributed by atoms with van der Waals surface area (Å²) < 4.78 is 9.96. The highest BCUT2D eigenvalue weighted by atomic mass is 32.1. The summed E-state index contributed by atoms with van der Waals surface area (Å²) in [6.45, 7) is 1.95. The lowest BCUT2D eigenvalue weighted by Gasteiger charge is -2.08. The van der Waals surface area contributed by atoms with E-state index in [1.54, 1.807) is 34.0 Å². The van der Waals surface area contributed by atoms with E-state index in [-0.39, 0.29) is 0 Å². The number of rotatable bonds is 5. The van der Waals surface area contributed by atoms with Gasteiger partial charge in [0.1, 0.15) is 23.7 Å². The van der Waals surface area contributed by atoms with Gasteiger partial charge < -0.3 is 10.1 Å². The van der Waals surface area contributed by atoms with Crippen molar-refractivity contribution in [3.8, 4) is 16.6 Å². The number of thiazole rings is 1. The van der Waals surface area contributed by atoms with Gasteiger partial charge in [-0.25, -0.2) is 19.6 Å². The van der Waals surface area contributed by atoms with Gasteiger partial charge in [0.2, 0.25) is 5.13 Å². The minimum Gasteiger partial charge on any atom is -0.497 e. The van der Waals surface area contributed by atoms with Gasteiger partial charge in [-0.2, -0.15) is 14.9 Å². The number of benzene rings is 2. The molecule has 6 rings (SSSR count). The van der Waals surface area contributed by atoms with Crippen LogP contribution in [-0.2, 0) is 0 Å². The Bertz CT molecular complexity index is 1600. The predicted molar refractivity (Wildman–Crippen MR) is 128 cm³/mol. The lowest BCUT2D eigenvalue weighted by atomic mass is 10.3. The first kappa shape index (κ1) is 19.4. The second-order valence-corrected chi connectivity index (χ2v) is 8.40. The fourth-order valence-corrected chi connectivity index (χ4v) is 4.63. The molecule has 6 aromatic rings. The van der Waals surface area contributed by atoms with Gasteiger partial charge in [-0.3, -0.25) is 0 Å². The van der Waals surface area contributed by atoms with Crippen molar-refractivity contribution in [2.45, 2.75) is 6.92 Å². The van der Waals surface area contributed by atoms with Crippen LogP contribution in [0, 0.1) is 6.92 Å². The van der Waals surface area contributed by atoms with E-state index < -0.39 is 0 Å². The molecule has 1 N–H and O–H groups in total. The zero-order valence-corrected chi connectivity index (χ0v) is 18.6. The summed E-state index contributed by atoms with van der Waals surface area (Å²) >= 11 is 1.54. The first-order valence-electron chi connectivity index (χ1n) is 10.2. The van der Waals surface area contributed by atoms with Crippen molar-refractivity contribution in [2.24, 2.45) is 0 Å². The zero-order chi connectivity index (χ0) is 22.4. The first-order valence-corrected chi connectivity index (χ1v) is 11.0. The quantitative estimate of drug-likeness (QED) is 0.404. The van der Waals surface area contributed by atoms with Crippen molar-refractivity contribution in [1.82, 2.24) is 34.5 Å². The molecule has 9 nitrogen and oxygen atoms in total. The van der Waals surface area contributed by atoms with Crippen molar-refractivity contribution in [3.05, 3.63) is 72.8 Å². The van der Waals surface area contributed by atoms with E-state index in [2.05, 4.69) is 25.5 Å². The van der Waals surface area contributed by atoms with Crippen LogP contribution in [0.2, 0.25) is 0 Å². The third kappa shape index (κ3) is 3.37. The molecule has 0 bridgehead atoms. The maximum atomic E-state index is 5.34. The monoisotopic (exact) mass is 454 g/mol. The Morgan fingerprint density at radius 3 is 2.73 bits per heavy atom. The smallest absolute Gasteiger partial charge is 0.213 e. The molecule has 162 valence electrons. The Labute approximate surface area is 192 Å². The van der Waals surface area contributed by atoms with Crippen LogP contribution in [0.5, 0.6) is 5.75 Å². The number of aromatic nitrogens is 7. The normalized spacial score (nSPS) is 11.3. The lowest BCUT2D eigenvalue weighted by molar-refractivity contribution is 0.415. The SMILES string of the molecule is COc1ccc2nc(-n3nc(C)cc3Nc3ncnc4c3cnn4-c3ccccc3)sc2c1. The molecule has 0 aliphatic carbocycles. The van der Waals surface area contributed by atoms with Crippen LogP contribution in [0.3, 0.4) is 0 Å². The van der Waals surface area contributed by atoms with Gasteiger partial charge in [0.15, 0.2) is 5.65 Å². The number of fused-ring (bicyclic) bond motifs is 2. The fourth-order valence-electron chi connectivity index (χ4n) is 3.67. The Hall–Kier alpha value is -4.31. The number of aryl methyl sites for hydroxylation is 1. The number of ether oxygens (including phenoxy) is 1. The minimum atomic E-state index is 0.645. The molecule has 0 spiro atoms. The van der Waals surface area contributed by atoms with Crippen molar-refractivity contribution in [2.75, 3.05) is 12.4 Å². The average molecular weight is 455 g/mol. The predicted octanol–water partition coefficient (Wildman–Crippen LogP) is 4.67. The molecule has 4 aromatic heterocycles. The van der Waals surface area contributed by atoms with Gasteiger partial charge in [0, 0.05) is 6.07 Å². The van der Waals surface area contributed by atoms with Crippen LogP contribution in [0.15, 0.2) is 67.1 Å². The molecule has 2 aromatic carbocycles. The fraction of sp³-hybridized carbons (Fsp3) is 0.0870. The number of para-hydroxylation sites is 1. The van der Waals surface area contributed by atoms with E-state index in [1.807, 2.05) is 61.5 Å². The zero-order valence-electron chi connectivity index (χ0n) is 17.8. The molecular formula is C23H18N8OS. The van der Waals surface area contributed by atoms with Crippen LogP contribution < -0.4 is 10.1 Å². The summed E-state index contributed by atoms with van der Waals surface area (Å²) in [5, 5.41) is 14.1. The largest absolute Gasteiger partial charge is 0.497 e. The highest BCUT2D eigenvalue weighted by molar-refractivity contribution is 7.20. The van der Waals surface area contributed by atoms with Gasteiger partial charge in [-0.15, -0.1) is 0 Å². The Morgan fingerprint density at radius 1 is 1.00 bits per heavy atom. The van der Waals surface area contributed by atoms with Crippen molar-refractivity contribution in [1.29, 1.82) is 0 Å². The number of methoxy groups -OCH3 is 1. The topological polar surface area (TPSA) is 95.6 Å². The number of hydrogen-bond donors (Lipinski definition) is 1. The van der Waals surface area contributed by atoms with E-state index in [0.29, 0.717) is 11.5 Å². The van der Waals surface area contributed by atoms with Gasteiger partial charge in [0.05, 0.1) is 40.3 Å². The molecule has 10 heteroatoms. The van der Waals surface area contributed by atoms with Crippen LogP contribution in [0.25, 0.3) is 32.1 Å². The van der Waals surface area contributed by atoms with Crippen molar-refractivity contribution in [3.63, 3.8) is 0 Å². The van der Waals surface area contributed by atoms with E-state index in [1.165, 1.54) is 6.33 Å². The first-order chi connectivity index (χ1) is 16.2. The summed E-state index contributed by atoms with van der Waals surface area (Å²) in [7, 11) is 1.66. The Kier molecular flexibility index (Phi) is 4.51. The highest BCUT2D eigenvalue weighted by Gasteiger charge is 2.16. The van der Waals surface area contributed by atoms with Gasteiger partial charge in [0.25, 0.3) is 0 Å². The summed E-state index contributed by atoms with van der Waals surface area (Å²) in [6.07, 6.45) is 3.30. The molecule has 0 saturated carbocycles. The molecule has 0 radical (unpaired) electrons. The number of anilines is 2. The molecule has 33 heavy (non-hydrogen) atoms. The molecule has 0 aliphatic heterocycles. The molecule has 0 unspecified atom stereocenters. The number of nitrogens with one attached hydrogen (secondary N) is 1. The molecule has 0 amide bonds. The maximum Gasteiger partial charge on any atom is 0.213 e. The Balaban J connectivity index is 1.41. The highest BCUT2D eigenvalue weighted by Crippen LogP contribution is 2.31. The molecule has 0 atom stereocenters. The molecule has 0 saturated heterocycles. The average Bonchev–Trinajstić information content (AvgIpc) is 3.55. The van der Waals surface area contributed by atoms with Crippen LogP contribution in [-0.4, -0.2) is 41.6 Å².